The minimum Gasteiger partial charge on any atom is -0.491 e. The maximum Gasteiger partial charge on any atom is 0.258 e. The second kappa shape index (κ2) is 8.72. The average molecular weight is 408 g/mol. The van der Waals surface area contributed by atoms with Gasteiger partial charge in [-0.2, -0.15) is 5.26 Å². The SMILES string of the molecule is CN(C(=O)c1ccc(Cl)c(Br)c1)c1ccccc1OCCCC#N. The molecule has 0 N–H and O–H groups in total. The van der Waals surface area contributed by atoms with Crippen molar-refractivity contribution in [3.63, 3.8) is 0 Å². The number of carbonyl (C=O) groups excluding carboxylic acids is 1. The van der Waals surface area contributed by atoms with Gasteiger partial charge in [0.05, 0.1) is 23.4 Å². The molecule has 0 spiro atoms. The number of benzene rings is 2. The number of nitriles is 1. The van der Waals surface area contributed by atoms with E-state index in [1.165, 1.54) is 4.90 Å². The number of anilines is 1. The van der Waals surface area contributed by atoms with Crippen molar-refractivity contribution >= 4 is 39.1 Å². The predicted octanol–water partition coefficient (Wildman–Crippen LogP) is 5.06. The zero-order valence-corrected chi connectivity index (χ0v) is 15.5. The average Bonchev–Trinajstić information content (AvgIpc) is 2.60. The molecule has 0 heterocycles. The quantitative estimate of drug-likeness (QED) is 0.629. The maximum atomic E-state index is 12.7. The van der Waals surface area contributed by atoms with Crippen LogP contribution in [0.25, 0.3) is 0 Å². The summed E-state index contributed by atoms with van der Waals surface area (Å²) < 4.78 is 6.38. The molecule has 2 rings (SSSR count). The fourth-order valence-corrected chi connectivity index (χ4v) is 2.62. The van der Waals surface area contributed by atoms with Crippen LogP contribution >= 0.6 is 27.5 Å². The van der Waals surface area contributed by atoms with Gasteiger partial charge in [0.2, 0.25) is 0 Å². The monoisotopic (exact) mass is 406 g/mol. The van der Waals surface area contributed by atoms with Crippen LogP contribution in [-0.4, -0.2) is 19.6 Å². The van der Waals surface area contributed by atoms with E-state index in [1.54, 1.807) is 25.2 Å². The van der Waals surface area contributed by atoms with E-state index in [9.17, 15) is 4.79 Å². The number of unbranched alkanes of at least 4 members (excludes halogenated alkanes) is 1. The lowest BCUT2D eigenvalue weighted by molar-refractivity contribution is 0.0992. The van der Waals surface area contributed by atoms with Gasteiger partial charge < -0.3 is 9.64 Å². The van der Waals surface area contributed by atoms with Crippen LogP contribution in [0.4, 0.5) is 5.69 Å². The normalized spacial score (nSPS) is 10.1. The van der Waals surface area contributed by atoms with Crippen molar-refractivity contribution in [3.8, 4) is 11.8 Å². The molecule has 0 aromatic heterocycles. The van der Waals surface area contributed by atoms with Gasteiger partial charge in [-0.1, -0.05) is 23.7 Å². The molecule has 2 aromatic carbocycles. The van der Waals surface area contributed by atoms with E-state index < -0.39 is 0 Å². The van der Waals surface area contributed by atoms with Crippen LogP contribution < -0.4 is 9.64 Å². The Balaban J connectivity index is 2.19. The summed E-state index contributed by atoms with van der Waals surface area (Å²) in [5.74, 6) is 0.444. The molecule has 24 heavy (non-hydrogen) atoms. The molecule has 0 saturated carbocycles. The summed E-state index contributed by atoms with van der Waals surface area (Å²) in [4.78, 5) is 14.2. The van der Waals surface area contributed by atoms with Crippen molar-refractivity contribution in [3.05, 3.63) is 57.5 Å². The Bertz CT molecular complexity index is 774. The predicted molar refractivity (Wildman–Crippen MR) is 98.7 cm³/mol. The largest absolute Gasteiger partial charge is 0.491 e. The number of para-hydroxylation sites is 2. The zero-order chi connectivity index (χ0) is 17.5. The highest BCUT2D eigenvalue weighted by molar-refractivity contribution is 9.10. The molecule has 0 radical (unpaired) electrons. The third kappa shape index (κ3) is 4.50. The highest BCUT2D eigenvalue weighted by Gasteiger charge is 2.17. The smallest absolute Gasteiger partial charge is 0.258 e. The second-order valence-corrected chi connectivity index (χ2v) is 6.33. The van der Waals surface area contributed by atoms with Crippen LogP contribution in [0, 0.1) is 11.3 Å². The lowest BCUT2D eigenvalue weighted by Crippen LogP contribution is -2.26. The van der Waals surface area contributed by atoms with Crippen LogP contribution in [0.15, 0.2) is 46.9 Å². The fourth-order valence-electron chi connectivity index (χ4n) is 2.12. The van der Waals surface area contributed by atoms with Gasteiger partial charge in [0, 0.05) is 23.5 Å². The van der Waals surface area contributed by atoms with Gasteiger partial charge >= 0.3 is 0 Å². The standard InChI is InChI=1S/C18H16BrClN2O2/c1-22(18(23)13-8-9-15(20)14(19)12-13)16-6-2-3-7-17(16)24-11-5-4-10-21/h2-3,6-9,12H,4-5,11H2,1H3. The number of nitrogens with zero attached hydrogens (tertiary/aromatic N) is 2. The van der Waals surface area contributed by atoms with Crippen LogP contribution in [0.3, 0.4) is 0 Å². The molecular weight excluding hydrogens is 392 g/mol. The Morgan fingerprint density at radius 3 is 2.79 bits per heavy atom. The number of rotatable bonds is 6. The Hall–Kier alpha value is -2.03. The first-order valence-corrected chi connectivity index (χ1v) is 8.53. The van der Waals surface area contributed by atoms with Gasteiger partial charge in [0.1, 0.15) is 5.75 Å². The van der Waals surface area contributed by atoms with Crippen molar-refractivity contribution in [2.45, 2.75) is 12.8 Å². The van der Waals surface area contributed by atoms with E-state index in [-0.39, 0.29) is 5.91 Å². The van der Waals surface area contributed by atoms with Gasteiger partial charge in [-0.25, -0.2) is 0 Å². The highest BCUT2D eigenvalue weighted by atomic mass is 79.9. The van der Waals surface area contributed by atoms with Crippen molar-refractivity contribution in [2.75, 3.05) is 18.6 Å². The lowest BCUT2D eigenvalue weighted by atomic mass is 10.2. The molecule has 0 bridgehead atoms. The second-order valence-electron chi connectivity index (χ2n) is 5.07. The number of hydrogen-bond acceptors (Lipinski definition) is 3. The number of carbonyl (C=O) groups is 1. The summed E-state index contributed by atoms with van der Waals surface area (Å²) in [5, 5.41) is 9.13. The van der Waals surface area contributed by atoms with E-state index in [1.807, 2.05) is 24.3 Å². The van der Waals surface area contributed by atoms with E-state index in [4.69, 9.17) is 21.6 Å². The molecule has 1 amide bonds. The van der Waals surface area contributed by atoms with Gasteiger partial charge in [-0.3, -0.25) is 4.79 Å². The third-order valence-electron chi connectivity index (χ3n) is 3.39. The van der Waals surface area contributed by atoms with E-state index in [0.29, 0.717) is 45.9 Å². The minimum absolute atomic E-state index is 0.166. The Kier molecular flexibility index (Phi) is 6.65. The fraction of sp³-hybridized carbons (Fsp3) is 0.222. The van der Waals surface area contributed by atoms with Crippen LogP contribution in [0.5, 0.6) is 5.75 Å². The molecule has 0 atom stereocenters. The molecule has 0 saturated heterocycles. The van der Waals surface area contributed by atoms with Gasteiger partial charge in [-0.15, -0.1) is 0 Å². The lowest BCUT2D eigenvalue weighted by Gasteiger charge is -2.21. The number of amides is 1. The summed E-state index contributed by atoms with van der Waals surface area (Å²) >= 11 is 9.30. The van der Waals surface area contributed by atoms with Crippen molar-refractivity contribution < 1.29 is 9.53 Å². The van der Waals surface area contributed by atoms with E-state index >= 15 is 0 Å². The summed E-state index contributed by atoms with van der Waals surface area (Å²) in [5.41, 5.74) is 1.19. The number of hydrogen-bond donors (Lipinski definition) is 0. The minimum atomic E-state index is -0.166. The van der Waals surface area contributed by atoms with E-state index in [2.05, 4.69) is 22.0 Å². The number of halogens is 2. The van der Waals surface area contributed by atoms with Crippen LogP contribution in [0.2, 0.25) is 5.02 Å². The molecule has 2 aromatic rings. The highest BCUT2D eigenvalue weighted by Crippen LogP contribution is 2.30. The molecule has 0 fully saturated rings. The van der Waals surface area contributed by atoms with Crippen molar-refractivity contribution in [1.29, 1.82) is 5.26 Å². The summed E-state index contributed by atoms with van der Waals surface area (Å²) in [7, 11) is 1.70. The Labute approximate surface area is 154 Å². The third-order valence-corrected chi connectivity index (χ3v) is 4.60. The maximum absolute atomic E-state index is 12.7. The molecule has 124 valence electrons. The summed E-state index contributed by atoms with van der Waals surface area (Å²) in [6.45, 7) is 0.430. The molecule has 0 unspecified atom stereocenters. The van der Waals surface area contributed by atoms with Crippen molar-refractivity contribution in [2.24, 2.45) is 0 Å². The zero-order valence-electron chi connectivity index (χ0n) is 13.1. The van der Waals surface area contributed by atoms with Gasteiger partial charge in [0.25, 0.3) is 5.91 Å². The number of ether oxygens (including phenoxy) is 1. The first-order valence-electron chi connectivity index (χ1n) is 7.36. The Morgan fingerprint density at radius 1 is 1.33 bits per heavy atom. The summed E-state index contributed by atoms with van der Waals surface area (Å²) in [6, 6.07) is 14.5. The molecule has 0 aliphatic heterocycles. The van der Waals surface area contributed by atoms with E-state index in [0.717, 1.165) is 0 Å². The van der Waals surface area contributed by atoms with Gasteiger partial charge in [-0.05, 0) is 52.7 Å². The Morgan fingerprint density at radius 2 is 2.08 bits per heavy atom. The van der Waals surface area contributed by atoms with Crippen molar-refractivity contribution in [1.82, 2.24) is 0 Å². The molecule has 6 heteroatoms. The van der Waals surface area contributed by atoms with Crippen LogP contribution in [0.1, 0.15) is 23.2 Å². The summed E-state index contributed by atoms with van der Waals surface area (Å²) in [6.07, 6.45) is 1.09. The first-order chi connectivity index (χ1) is 11.5. The van der Waals surface area contributed by atoms with Crippen LogP contribution in [-0.2, 0) is 0 Å². The molecule has 0 aliphatic carbocycles. The molecular formula is C18H16BrClN2O2. The molecule has 4 nitrogen and oxygen atoms in total. The van der Waals surface area contributed by atoms with Gasteiger partial charge in [0.15, 0.2) is 0 Å². The molecule has 0 aliphatic rings. The first kappa shape index (κ1) is 18.3. The topological polar surface area (TPSA) is 53.3 Å².